The lowest BCUT2D eigenvalue weighted by atomic mass is 9.95. The van der Waals surface area contributed by atoms with Crippen LogP contribution in [0.2, 0.25) is 0 Å². The molecule has 0 spiro atoms. The van der Waals surface area contributed by atoms with Crippen molar-refractivity contribution >= 4 is 39.6 Å². The number of benzene rings is 3. The van der Waals surface area contributed by atoms with E-state index < -0.39 is 12.0 Å². The molecule has 1 aliphatic rings. The number of nitrogens with zero attached hydrogens (tertiary/aromatic N) is 3. The van der Waals surface area contributed by atoms with Gasteiger partial charge in [0.05, 0.1) is 17.2 Å². The number of thioether (sulfide) groups is 1. The summed E-state index contributed by atoms with van der Waals surface area (Å²) in [7, 11) is 1.53. The average molecular weight is 654 g/mol. The summed E-state index contributed by atoms with van der Waals surface area (Å²) in [6, 6.07) is 18.9. The molecular formula is C31H30BrFN4O4S. The number of carbonyl (C=O) groups is 1. The van der Waals surface area contributed by atoms with Crippen LogP contribution in [0.4, 0.5) is 10.3 Å². The van der Waals surface area contributed by atoms with Gasteiger partial charge in [0.25, 0.3) is 0 Å². The standard InChI is InChI=1S/C31H30BrFN4O4S/c1-4-14-42-31-35-30-34-19(2)26(29(38)41-17-20-10-6-5-7-11-20)27(37(30)36-31)22-15-23(32)28(25(16-22)39-3)40-18-21-12-8-9-13-24(21)33/h5-13,15-16,27H,4,14,17-18H2,1-3H3,(H,34,35,36). The lowest BCUT2D eigenvalue weighted by Gasteiger charge is -2.29. The van der Waals surface area contributed by atoms with Crippen LogP contribution in [0.3, 0.4) is 0 Å². The first kappa shape index (κ1) is 29.7. The van der Waals surface area contributed by atoms with Gasteiger partial charge in [-0.15, -0.1) is 5.10 Å². The van der Waals surface area contributed by atoms with Crippen molar-refractivity contribution < 1.29 is 23.4 Å². The molecule has 0 amide bonds. The van der Waals surface area contributed by atoms with E-state index in [0.717, 1.165) is 17.7 Å². The molecule has 42 heavy (non-hydrogen) atoms. The number of esters is 1. The van der Waals surface area contributed by atoms with E-state index in [2.05, 4.69) is 33.2 Å². The number of anilines is 1. The third kappa shape index (κ3) is 6.47. The van der Waals surface area contributed by atoms with Gasteiger partial charge in [0.15, 0.2) is 11.5 Å². The van der Waals surface area contributed by atoms with Crippen LogP contribution in [0.1, 0.15) is 43.0 Å². The number of hydrogen-bond acceptors (Lipinski definition) is 8. The maximum Gasteiger partial charge on any atom is 0.338 e. The van der Waals surface area contributed by atoms with E-state index in [-0.39, 0.29) is 19.0 Å². The molecule has 0 bridgehead atoms. The summed E-state index contributed by atoms with van der Waals surface area (Å²) in [6.45, 7) is 4.05. The quantitative estimate of drug-likeness (QED) is 0.133. The van der Waals surface area contributed by atoms with Crippen LogP contribution in [0.25, 0.3) is 0 Å². The van der Waals surface area contributed by atoms with Crippen molar-refractivity contribution in [3.63, 3.8) is 0 Å². The molecule has 2 heterocycles. The number of carbonyl (C=O) groups excluding carboxylic acids is 1. The van der Waals surface area contributed by atoms with Crippen LogP contribution in [0, 0.1) is 5.82 Å². The number of ether oxygens (including phenoxy) is 3. The Morgan fingerprint density at radius 3 is 2.62 bits per heavy atom. The van der Waals surface area contributed by atoms with Gasteiger partial charge in [0.2, 0.25) is 11.1 Å². The first-order valence-corrected chi connectivity index (χ1v) is 15.2. The van der Waals surface area contributed by atoms with E-state index in [1.807, 2.05) is 43.3 Å². The van der Waals surface area contributed by atoms with E-state index >= 15 is 0 Å². The highest BCUT2D eigenvalue weighted by Gasteiger charge is 2.36. The molecule has 1 N–H and O–H groups in total. The Bertz CT molecular complexity index is 1610. The molecule has 0 saturated heterocycles. The van der Waals surface area contributed by atoms with E-state index in [1.54, 1.807) is 40.7 Å². The molecule has 5 rings (SSSR count). The fourth-order valence-corrected chi connectivity index (χ4v) is 5.82. The van der Waals surface area contributed by atoms with E-state index in [9.17, 15) is 9.18 Å². The van der Waals surface area contributed by atoms with Crippen molar-refractivity contribution in [1.82, 2.24) is 14.8 Å². The summed E-state index contributed by atoms with van der Waals surface area (Å²) in [5, 5.41) is 8.60. The first-order chi connectivity index (χ1) is 20.4. The van der Waals surface area contributed by atoms with E-state index in [0.29, 0.717) is 49.5 Å². The molecule has 1 aromatic heterocycles. The van der Waals surface area contributed by atoms with Gasteiger partial charge in [-0.25, -0.2) is 13.9 Å². The van der Waals surface area contributed by atoms with Gasteiger partial charge < -0.3 is 19.5 Å². The Hall–Kier alpha value is -3.83. The Kier molecular flexibility index (Phi) is 9.48. The topological polar surface area (TPSA) is 87.5 Å². The molecule has 1 aliphatic heterocycles. The van der Waals surface area contributed by atoms with Gasteiger partial charge in [-0.05, 0) is 58.6 Å². The molecular weight excluding hydrogens is 623 g/mol. The van der Waals surface area contributed by atoms with Crippen molar-refractivity contribution in [2.45, 2.75) is 44.7 Å². The first-order valence-electron chi connectivity index (χ1n) is 13.4. The van der Waals surface area contributed by atoms with E-state index in [4.69, 9.17) is 19.3 Å². The van der Waals surface area contributed by atoms with Crippen molar-refractivity contribution in [3.05, 3.63) is 105 Å². The maximum absolute atomic E-state index is 14.2. The lowest BCUT2D eigenvalue weighted by Crippen LogP contribution is -2.29. The Balaban J connectivity index is 1.52. The summed E-state index contributed by atoms with van der Waals surface area (Å²) in [5.74, 6) is 1.36. The minimum absolute atomic E-state index is 0.00956. The maximum atomic E-state index is 14.2. The molecule has 1 unspecified atom stereocenters. The van der Waals surface area contributed by atoms with Crippen LogP contribution in [-0.4, -0.2) is 33.6 Å². The SMILES string of the molecule is CCCSc1nc2n(n1)C(c1cc(Br)c(OCc3ccccc3F)c(OC)c1)C(C(=O)OCc1ccccc1)=C(C)N2. The van der Waals surface area contributed by atoms with Crippen molar-refractivity contribution in [2.75, 3.05) is 18.2 Å². The molecule has 11 heteroatoms. The highest BCUT2D eigenvalue weighted by molar-refractivity contribution is 9.10. The largest absolute Gasteiger partial charge is 0.493 e. The fraction of sp³-hybridized carbons (Fsp3) is 0.258. The number of aromatic nitrogens is 3. The molecule has 0 saturated carbocycles. The molecule has 1 atom stereocenters. The second kappa shape index (κ2) is 13.4. The summed E-state index contributed by atoms with van der Waals surface area (Å²) < 4.78 is 34.0. The monoisotopic (exact) mass is 652 g/mol. The highest BCUT2D eigenvalue weighted by atomic mass is 79.9. The van der Waals surface area contributed by atoms with Crippen molar-refractivity contribution in [3.8, 4) is 11.5 Å². The number of halogens is 2. The van der Waals surface area contributed by atoms with Gasteiger partial charge in [0, 0.05) is 17.0 Å². The summed E-state index contributed by atoms with van der Waals surface area (Å²) in [6.07, 6.45) is 0.970. The summed E-state index contributed by atoms with van der Waals surface area (Å²) in [4.78, 5) is 18.3. The zero-order valence-corrected chi connectivity index (χ0v) is 25.8. The van der Waals surface area contributed by atoms with E-state index in [1.165, 1.54) is 13.2 Å². The number of allylic oxidation sites excluding steroid dienone is 1. The molecule has 3 aromatic carbocycles. The van der Waals surface area contributed by atoms with Crippen LogP contribution < -0.4 is 14.8 Å². The molecule has 0 aliphatic carbocycles. The zero-order valence-electron chi connectivity index (χ0n) is 23.4. The highest BCUT2D eigenvalue weighted by Crippen LogP contribution is 2.43. The number of nitrogens with one attached hydrogen (secondary N) is 1. The van der Waals surface area contributed by atoms with Crippen LogP contribution in [0.5, 0.6) is 11.5 Å². The second-order valence-electron chi connectivity index (χ2n) is 9.55. The minimum atomic E-state index is -0.668. The smallest absolute Gasteiger partial charge is 0.338 e. The Labute approximate surface area is 256 Å². The summed E-state index contributed by atoms with van der Waals surface area (Å²) in [5.41, 5.74) is 3.00. The predicted molar refractivity (Wildman–Crippen MR) is 163 cm³/mol. The number of fused-ring (bicyclic) bond motifs is 1. The molecule has 218 valence electrons. The van der Waals surface area contributed by atoms with Gasteiger partial charge in [-0.3, -0.25) is 0 Å². The van der Waals surface area contributed by atoms with Gasteiger partial charge in [-0.1, -0.05) is 67.2 Å². The molecule has 0 radical (unpaired) electrons. The Morgan fingerprint density at radius 2 is 1.88 bits per heavy atom. The van der Waals surface area contributed by atoms with Crippen LogP contribution in [-0.2, 0) is 22.7 Å². The van der Waals surface area contributed by atoms with Crippen molar-refractivity contribution in [1.29, 1.82) is 0 Å². The molecule has 8 nitrogen and oxygen atoms in total. The zero-order chi connectivity index (χ0) is 29.6. The van der Waals surface area contributed by atoms with Crippen LogP contribution >= 0.6 is 27.7 Å². The van der Waals surface area contributed by atoms with Crippen molar-refractivity contribution in [2.24, 2.45) is 0 Å². The fourth-order valence-electron chi connectivity index (χ4n) is 4.56. The van der Waals surface area contributed by atoms with Crippen LogP contribution in [0.15, 0.2) is 87.6 Å². The Morgan fingerprint density at radius 1 is 1.12 bits per heavy atom. The summed E-state index contributed by atoms with van der Waals surface area (Å²) >= 11 is 5.16. The number of hydrogen-bond donors (Lipinski definition) is 1. The number of rotatable bonds is 11. The lowest BCUT2D eigenvalue weighted by molar-refractivity contribution is -0.140. The molecule has 4 aromatic rings. The van der Waals surface area contributed by atoms with Gasteiger partial charge in [-0.2, -0.15) is 4.98 Å². The minimum Gasteiger partial charge on any atom is -0.493 e. The number of methoxy groups -OCH3 is 1. The second-order valence-corrected chi connectivity index (χ2v) is 11.5. The third-order valence-corrected chi connectivity index (χ3v) is 8.23. The normalized spacial score (nSPS) is 14.3. The predicted octanol–water partition coefficient (Wildman–Crippen LogP) is 7.30. The van der Waals surface area contributed by atoms with Gasteiger partial charge >= 0.3 is 5.97 Å². The van der Waals surface area contributed by atoms with Gasteiger partial charge in [0.1, 0.15) is 25.1 Å². The molecule has 0 fully saturated rings. The average Bonchev–Trinajstić information content (AvgIpc) is 3.40. The third-order valence-electron chi connectivity index (χ3n) is 6.60.